The summed E-state index contributed by atoms with van der Waals surface area (Å²) in [6, 6.07) is 8.14. The molecule has 33 heavy (non-hydrogen) atoms. The van der Waals surface area contributed by atoms with E-state index in [9.17, 15) is 14.7 Å². The van der Waals surface area contributed by atoms with E-state index in [1.165, 1.54) is 22.3 Å². The fourth-order valence-electron chi connectivity index (χ4n) is 7.29. The molecular weight excluding hydrogens is 408 g/mol. The zero-order chi connectivity index (χ0) is 23.4. The highest BCUT2D eigenvalue weighted by molar-refractivity contribution is 5.94. The first-order valence-corrected chi connectivity index (χ1v) is 12.8. The highest BCUT2D eigenvalue weighted by Gasteiger charge is 2.60. The molecule has 0 aromatic heterocycles. The van der Waals surface area contributed by atoms with E-state index in [1.54, 1.807) is 6.92 Å². The monoisotopic (exact) mass is 444 g/mol. The smallest absolute Gasteiger partial charge is 0.159 e. The maximum atomic E-state index is 12.2. The van der Waals surface area contributed by atoms with Crippen molar-refractivity contribution in [1.29, 1.82) is 0 Å². The van der Waals surface area contributed by atoms with Crippen LogP contribution in [0.5, 0.6) is 0 Å². The fraction of sp³-hybridized carbons (Fsp3) is 0.533. The number of carbonyl (C=O) groups excluding carboxylic acids is 2. The summed E-state index contributed by atoms with van der Waals surface area (Å²) in [6.07, 6.45) is 13.6. The lowest BCUT2D eigenvalue weighted by Crippen LogP contribution is -2.52. The van der Waals surface area contributed by atoms with Gasteiger partial charge in [-0.05, 0) is 73.6 Å². The molecule has 0 heterocycles. The molecule has 4 aliphatic carbocycles. The van der Waals surface area contributed by atoms with Crippen molar-refractivity contribution in [3.8, 4) is 0 Å². The molecule has 0 saturated heterocycles. The van der Waals surface area contributed by atoms with Crippen LogP contribution in [-0.4, -0.2) is 22.3 Å². The Hall–Kier alpha value is -2.26. The third-order valence-corrected chi connectivity index (χ3v) is 9.19. The molecule has 0 aliphatic heterocycles. The molecule has 0 spiro atoms. The number of rotatable bonds is 5. The molecule has 3 nitrogen and oxygen atoms in total. The van der Waals surface area contributed by atoms with Crippen LogP contribution in [0.1, 0.15) is 94.0 Å². The lowest BCUT2D eigenvalue weighted by Gasteiger charge is -2.55. The Balaban J connectivity index is 1.64. The van der Waals surface area contributed by atoms with E-state index in [-0.39, 0.29) is 22.9 Å². The summed E-state index contributed by atoms with van der Waals surface area (Å²) >= 11 is 0. The van der Waals surface area contributed by atoms with Gasteiger partial charge >= 0.3 is 0 Å². The zero-order valence-corrected chi connectivity index (χ0v) is 20.2. The molecule has 1 aromatic rings. The molecule has 1 aromatic carbocycles. The fourth-order valence-corrected chi connectivity index (χ4v) is 7.29. The number of aliphatic hydroxyl groups is 1. The molecular formula is C30H36O3. The summed E-state index contributed by atoms with van der Waals surface area (Å²) in [5.74, 6) is 1.27. The van der Waals surface area contributed by atoms with E-state index in [0.717, 1.165) is 50.5 Å². The normalized spacial score (nSPS) is 35.1. The number of Topliss-reactive ketones (excluding diaryl/α,β-unsaturated/α-hetero) is 1. The highest BCUT2D eigenvalue weighted by atomic mass is 16.3. The number of fused-ring (bicyclic) bond motifs is 4. The van der Waals surface area contributed by atoms with E-state index in [1.807, 2.05) is 18.2 Å². The Kier molecular flexibility index (Phi) is 5.60. The molecule has 5 rings (SSSR count). The van der Waals surface area contributed by atoms with Crippen molar-refractivity contribution < 1.29 is 14.7 Å². The minimum absolute atomic E-state index is 0.0831. The SMILES string of the molecule is CCCC[C@]1(O)C=C[C@H]2[C@@H]3CCC4=CC(=O)CCC4=C3[C@@H](c3ccc(C(C)=O)cc3)C[C@@]21C. The zero-order valence-electron chi connectivity index (χ0n) is 20.2. The van der Waals surface area contributed by atoms with Crippen molar-refractivity contribution in [1.82, 2.24) is 0 Å². The lowest BCUT2D eigenvalue weighted by atomic mass is 9.50. The first kappa shape index (κ1) is 22.5. The second-order valence-electron chi connectivity index (χ2n) is 11.0. The molecule has 1 fully saturated rings. The van der Waals surface area contributed by atoms with E-state index in [2.05, 4.69) is 38.1 Å². The summed E-state index contributed by atoms with van der Waals surface area (Å²) in [6.45, 7) is 6.10. The minimum Gasteiger partial charge on any atom is -0.385 e. The van der Waals surface area contributed by atoms with Crippen LogP contribution in [0.3, 0.4) is 0 Å². The third kappa shape index (κ3) is 3.51. The summed E-state index contributed by atoms with van der Waals surface area (Å²) < 4.78 is 0. The van der Waals surface area contributed by atoms with Crippen molar-refractivity contribution in [2.24, 2.45) is 17.3 Å². The minimum atomic E-state index is -0.778. The predicted molar refractivity (Wildman–Crippen MR) is 131 cm³/mol. The molecule has 4 aliphatic rings. The van der Waals surface area contributed by atoms with Crippen LogP contribution < -0.4 is 0 Å². The second-order valence-corrected chi connectivity index (χ2v) is 11.0. The first-order chi connectivity index (χ1) is 15.8. The molecule has 0 radical (unpaired) electrons. The molecule has 0 amide bonds. The van der Waals surface area contributed by atoms with Gasteiger partial charge in [-0.15, -0.1) is 0 Å². The van der Waals surface area contributed by atoms with Crippen LogP contribution in [-0.2, 0) is 4.79 Å². The van der Waals surface area contributed by atoms with Gasteiger partial charge in [-0.1, -0.05) is 68.7 Å². The Morgan fingerprint density at radius 1 is 1.15 bits per heavy atom. The van der Waals surface area contributed by atoms with E-state index in [4.69, 9.17) is 0 Å². The van der Waals surface area contributed by atoms with Crippen LogP contribution in [0.15, 0.2) is 59.2 Å². The van der Waals surface area contributed by atoms with Crippen LogP contribution in [0.25, 0.3) is 0 Å². The van der Waals surface area contributed by atoms with Crippen LogP contribution >= 0.6 is 0 Å². The molecule has 1 saturated carbocycles. The van der Waals surface area contributed by atoms with Gasteiger partial charge in [0.05, 0.1) is 5.60 Å². The standard InChI is InChI=1S/C30H36O3/c1-4-5-15-30(33)16-14-27-25-12-10-22-17-23(32)11-13-24(22)28(25)26(18-29(27,30)3)21-8-6-20(7-9-21)19(2)31/h6-9,14,16-17,25-27,33H,4-5,10-13,15,18H2,1-3H3/t25-,26+,27-,29-,30-/m0/s1. The summed E-state index contributed by atoms with van der Waals surface area (Å²) in [5.41, 5.74) is 5.13. The average molecular weight is 445 g/mol. The van der Waals surface area contributed by atoms with Gasteiger partial charge in [-0.3, -0.25) is 9.59 Å². The van der Waals surface area contributed by atoms with Gasteiger partial charge in [0.15, 0.2) is 11.6 Å². The predicted octanol–water partition coefficient (Wildman–Crippen LogP) is 6.49. The maximum Gasteiger partial charge on any atom is 0.159 e. The van der Waals surface area contributed by atoms with Crippen LogP contribution in [0, 0.1) is 17.3 Å². The van der Waals surface area contributed by atoms with E-state index < -0.39 is 5.60 Å². The Bertz CT molecular complexity index is 1070. The van der Waals surface area contributed by atoms with Crippen molar-refractivity contribution in [2.45, 2.75) is 83.7 Å². The van der Waals surface area contributed by atoms with Gasteiger partial charge in [0.2, 0.25) is 0 Å². The molecule has 3 heteroatoms. The van der Waals surface area contributed by atoms with Gasteiger partial charge in [-0.2, -0.15) is 0 Å². The Labute approximate surface area is 197 Å². The number of unbranched alkanes of at least 4 members (excludes halogenated alkanes) is 1. The summed E-state index contributed by atoms with van der Waals surface area (Å²) in [4.78, 5) is 24.1. The van der Waals surface area contributed by atoms with Gasteiger partial charge in [-0.25, -0.2) is 0 Å². The number of hydrogen-bond acceptors (Lipinski definition) is 3. The molecule has 5 atom stereocenters. The largest absolute Gasteiger partial charge is 0.385 e. The van der Waals surface area contributed by atoms with Gasteiger partial charge in [0.1, 0.15) is 0 Å². The summed E-state index contributed by atoms with van der Waals surface area (Å²) in [7, 11) is 0. The number of ketones is 2. The maximum absolute atomic E-state index is 12.2. The van der Waals surface area contributed by atoms with Crippen molar-refractivity contribution >= 4 is 11.6 Å². The lowest BCUT2D eigenvalue weighted by molar-refractivity contribution is -0.114. The Morgan fingerprint density at radius 3 is 2.61 bits per heavy atom. The molecule has 0 unspecified atom stereocenters. The van der Waals surface area contributed by atoms with Gasteiger partial charge in [0, 0.05) is 23.3 Å². The third-order valence-electron chi connectivity index (χ3n) is 9.19. The first-order valence-electron chi connectivity index (χ1n) is 12.8. The highest BCUT2D eigenvalue weighted by Crippen LogP contribution is 2.65. The summed E-state index contributed by atoms with van der Waals surface area (Å²) in [5, 5.41) is 11.9. The van der Waals surface area contributed by atoms with Crippen LogP contribution in [0.2, 0.25) is 0 Å². The number of allylic oxidation sites excluding steroid dienone is 5. The van der Waals surface area contributed by atoms with E-state index >= 15 is 0 Å². The van der Waals surface area contributed by atoms with E-state index in [0.29, 0.717) is 18.3 Å². The van der Waals surface area contributed by atoms with Gasteiger partial charge in [0.25, 0.3) is 0 Å². The second kappa shape index (κ2) is 8.20. The van der Waals surface area contributed by atoms with Gasteiger partial charge < -0.3 is 5.11 Å². The number of benzene rings is 1. The Morgan fingerprint density at radius 2 is 1.91 bits per heavy atom. The van der Waals surface area contributed by atoms with Crippen LogP contribution in [0.4, 0.5) is 0 Å². The molecule has 1 N–H and O–H groups in total. The quantitative estimate of drug-likeness (QED) is 0.417. The molecule has 174 valence electrons. The average Bonchev–Trinajstić information content (AvgIpc) is 3.07. The molecule has 0 bridgehead atoms. The van der Waals surface area contributed by atoms with Crippen molar-refractivity contribution in [3.05, 3.63) is 70.3 Å². The topological polar surface area (TPSA) is 54.4 Å². The van der Waals surface area contributed by atoms with Crippen molar-refractivity contribution in [2.75, 3.05) is 0 Å². The number of hydrogen-bond donors (Lipinski definition) is 1. The van der Waals surface area contributed by atoms with Crippen molar-refractivity contribution in [3.63, 3.8) is 0 Å². The number of carbonyl (C=O) groups is 2.